The Morgan fingerprint density at radius 3 is 1.81 bits per heavy atom. The van der Waals surface area contributed by atoms with Crippen LogP contribution in [0.5, 0.6) is 0 Å². The Morgan fingerprint density at radius 2 is 1.30 bits per heavy atom. The highest BCUT2D eigenvalue weighted by molar-refractivity contribution is 6.23. The molecule has 0 unspecified atom stereocenters. The molecule has 0 aliphatic rings. The van der Waals surface area contributed by atoms with Crippen LogP contribution in [0.1, 0.15) is 19.8 Å². The van der Waals surface area contributed by atoms with E-state index in [1.165, 1.54) is 6.92 Å². The van der Waals surface area contributed by atoms with E-state index in [2.05, 4.69) is 16.0 Å². The average molecular weight is 389 g/mol. The van der Waals surface area contributed by atoms with Crippen LogP contribution in [-0.4, -0.2) is 89.7 Å². The minimum absolute atomic E-state index is 0.00828. The van der Waals surface area contributed by atoms with Crippen molar-refractivity contribution in [2.45, 2.75) is 19.8 Å². The smallest absolute Gasteiger partial charge is 0.284 e. The van der Waals surface area contributed by atoms with Crippen LogP contribution in [-0.2, 0) is 33.4 Å². The van der Waals surface area contributed by atoms with Gasteiger partial charge < -0.3 is 30.2 Å². The molecule has 0 atom stereocenters. The molecule has 0 aromatic heterocycles. The number of ketones is 1. The molecule has 0 spiro atoms. The number of hydrogen-bond donors (Lipinski definition) is 3. The molecule has 3 N–H and O–H groups in total. The van der Waals surface area contributed by atoms with E-state index >= 15 is 0 Å². The van der Waals surface area contributed by atoms with E-state index in [0.717, 1.165) is 0 Å². The highest BCUT2D eigenvalue weighted by Gasteiger charge is 2.00. The molecule has 0 heterocycles. The van der Waals surface area contributed by atoms with Crippen molar-refractivity contribution in [2.24, 2.45) is 0 Å². The quantitative estimate of drug-likeness (QED) is 0.137. The lowest BCUT2D eigenvalue weighted by Gasteiger charge is -2.08. The molecular formula is C17H31N3O7. The molecule has 0 radical (unpaired) electrons. The van der Waals surface area contributed by atoms with Crippen molar-refractivity contribution in [3.8, 4) is 0 Å². The third-order valence-electron chi connectivity index (χ3n) is 3.06. The van der Waals surface area contributed by atoms with Crippen LogP contribution in [0.25, 0.3) is 0 Å². The molecule has 2 amide bonds. The number of Topliss-reactive ketones (excluding diaryl/α,β-unsaturated/α-hetero) is 1. The molecule has 0 aliphatic heterocycles. The predicted molar refractivity (Wildman–Crippen MR) is 97.3 cm³/mol. The number of aldehydes is 1. The van der Waals surface area contributed by atoms with Crippen LogP contribution in [0.3, 0.4) is 0 Å². The first-order valence-electron chi connectivity index (χ1n) is 8.99. The van der Waals surface area contributed by atoms with Crippen molar-refractivity contribution in [3.63, 3.8) is 0 Å². The highest BCUT2D eigenvalue weighted by atomic mass is 16.5. The second kappa shape index (κ2) is 18.9. The fourth-order valence-electron chi connectivity index (χ4n) is 1.79. The number of amides is 2. The molecule has 0 saturated carbocycles. The summed E-state index contributed by atoms with van der Waals surface area (Å²) in [7, 11) is 0. The van der Waals surface area contributed by atoms with Crippen LogP contribution < -0.4 is 16.0 Å². The maximum absolute atomic E-state index is 11.4. The van der Waals surface area contributed by atoms with E-state index in [1.54, 1.807) is 0 Å². The van der Waals surface area contributed by atoms with Gasteiger partial charge in [0.25, 0.3) is 5.91 Å². The second-order valence-corrected chi connectivity index (χ2v) is 5.61. The number of nitrogens with one attached hydrogen (secondary N) is 3. The Hall–Kier alpha value is -1.88. The molecule has 0 bridgehead atoms. The molecule has 10 heteroatoms. The summed E-state index contributed by atoms with van der Waals surface area (Å²) in [5.74, 6) is -0.779. The molecule has 0 aliphatic carbocycles. The summed E-state index contributed by atoms with van der Waals surface area (Å²) in [5, 5.41) is 7.88. The zero-order valence-corrected chi connectivity index (χ0v) is 15.9. The van der Waals surface area contributed by atoms with Crippen molar-refractivity contribution >= 4 is 23.9 Å². The van der Waals surface area contributed by atoms with Gasteiger partial charge in [0, 0.05) is 26.3 Å². The topological polar surface area (TPSA) is 132 Å². The second-order valence-electron chi connectivity index (χ2n) is 5.61. The van der Waals surface area contributed by atoms with Crippen molar-refractivity contribution in [3.05, 3.63) is 0 Å². The number of carbonyl (C=O) groups excluding carboxylic acids is 4. The zero-order valence-electron chi connectivity index (χ0n) is 15.9. The van der Waals surface area contributed by atoms with Crippen molar-refractivity contribution in [2.75, 3.05) is 65.8 Å². The summed E-state index contributed by atoms with van der Waals surface area (Å²) < 4.78 is 16.0. The van der Waals surface area contributed by atoms with Crippen molar-refractivity contribution in [1.29, 1.82) is 0 Å². The zero-order chi connectivity index (χ0) is 20.2. The van der Waals surface area contributed by atoms with Crippen molar-refractivity contribution in [1.82, 2.24) is 16.0 Å². The predicted octanol–water partition coefficient (Wildman–Crippen LogP) is -1.57. The van der Waals surface area contributed by atoms with Crippen LogP contribution in [0, 0.1) is 0 Å². The largest absolute Gasteiger partial charge is 0.379 e. The van der Waals surface area contributed by atoms with Crippen LogP contribution >= 0.6 is 0 Å². The molecule has 0 rings (SSSR count). The fourth-order valence-corrected chi connectivity index (χ4v) is 1.79. The average Bonchev–Trinajstić information content (AvgIpc) is 2.64. The van der Waals surface area contributed by atoms with E-state index < -0.39 is 5.91 Å². The molecule has 156 valence electrons. The molecule has 0 aromatic carbocycles. The van der Waals surface area contributed by atoms with E-state index in [0.29, 0.717) is 65.6 Å². The third kappa shape index (κ3) is 20.3. The van der Waals surface area contributed by atoms with Gasteiger partial charge in [0.1, 0.15) is 5.78 Å². The molecule has 10 nitrogen and oxygen atoms in total. The number of hydrogen-bond acceptors (Lipinski definition) is 8. The van der Waals surface area contributed by atoms with Gasteiger partial charge in [-0.3, -0.25) is 19.2 Å². The van der Waals surface area contributed by atoms with Crippen LogP contribution in [0.2, 0.25) is 0 Å². The van der Waals surface area contributed by atoms with E-state index in [4.69, 9.17) is 14.2 Å². The molecule has 0 saturated heterocycles. The molecule has 0 aromatic rings. The molecule has 27 heavy (non-hydrogen) atoms. The summed E-state index contributed by atoms with van der Waals surface area (Å²) in [4.78, 5) is 42.8. The molecular weight excluding hydrogens is 358 g/mol. The van der Waals surface area contributed by atoms with Gasteiger partial charge in [-0.2, -0.15) is 0 Å². The molecule has 0 fully saturated rings. The maximum atomic E-state index is 11.4. The van der Waals surface area contributed by atoms with Gasteiger partial charge in [0.05, 0.1) is 39.5 Å². The van der Waals surface area contributed by atoms with Crippen LogP contribution in [0.15, 0.2) is 0 Å². The normalized spacial score (nSPS) is 10.4. The summed E-state index contributed by atoms with van der Waals surface area (Å²) >= 11 is 0. The van der Waals surface area contributed by atoms with Gasteiger partial charge in [-0.1, -0.05) is 0 Å². The lowest BCUT2D eigenvalue weighted by molar-refractivity contribution is -0.131. The third-order valence-corrected chi connectivity index (χ3v) is 3.06. The lowest BCUT2D eigenvalue weighted by atomic mass is 10.4. The standard InChI is InChI=1S/C17H31N3O7/c1-15(22)12-18-13-16(23)19-4-2-6-25-8-10-27-11-9-26-7-3-5-20-17(24)14-21/h14,18H,2-13H2,1H3,(H,19,23)(H,20,24). The number of ether oxygens (including phenoxy) is 3. The van der Waals surface area contributed by atoms with Gasteiger partial charge >= 0.3 is 0 Å². The Kier molecular flexibility index (Phi) is 17.6. The first kappa shape index (κ1) is 25.1. The number of carbonyl (C=O) groups is 4. The van der Waals surface area contributed by atoms with E-state index in [1.807, 2.05) is 0 Å². The Morgan fingerprint density at radius 1 is 0.778 bits per heavy atom. The maximum Gasteiger partial charge on any atom is 0.284 e. The first-order valence-corrected chi connectivity index (χ1v) is 8.99. The van der Waals surface area contributed by atoms with Gasteiger partial charge in [0.2, 0.25) is 12.2 Å². The van der Waals surface area contributed by atoms with Crippen molar-refractivity contribution < 1.29 is 33.4 Å². The summed E-state index contributed by atoms with van der Waals surface area (Å²) in [6, 6.07) is 0. The Balaban J connectivity index is 3.16. The van der Waals surface area contributed by atoms with Gasteiger partial charge in [-0.25, -0.2) is 0 Å². The summed E-state index contributed by atoms with van der Waals surface area (Å²) in [6.07, 6.45) is 1.57. The lowest BCUT2D eigenvalue weighted by Crippen LogP contribution is -2.36. The summed E-state index contributed by atoms with van der Waals surface area (Å²) in [5.41, 5.74) is 0. The minimum atomic E-state index is -0.623. The number of rotatable bonds is 19. The van der Waals surface area contributed by atoms with E-state index in [-0.39, 0.29) is 31.1 Å². The first-order chi connectivity index (χ1) is 13.1. The Labute approximate surface area is 159 Å². The van der Waals surface area contributed by atoms with Crippen LogP contribution in [0.4, 0.5) is 0 Å². The van der Waals surface area contributed by atoms with Gasteiger partial charge in [-0.15, -0.1) is 0 Å². The van der Waals surface area contributed by atoms with Gasteiger partial charge in [0.15, 0.2) is 0 Å². The fraction of sp³-hybridized carbons (Fsp3) is 0.765. The minimum Gasteiger partial charge on any atom is -0.379 e. The van der Waals surface area contributed by atoms with E-state index in [9.17, 15) is 19.2 Å². The highest BCUT2D eigenvalue weighted by Crippen LogP contribution is 1.85. The monoisotopic (exact) mass is 389 g/mol. The van der Waals surface area contributed by atoms with Gasteiger partial charge in [-0.05, 0) is 19.8 Å². The Bertz CT molecular complexity index is 433. The summed E-state index contributed by atoms with van der Waals surface area (Å²) in [6.45, 7) is 5.53. The SMILES string of the molecule is CC(=O)CNCC(=O)NCCCOCCOCCOCCCNC(=O)C=O.